The molecular weight excluding hydrogens is 448 g/mol. The molecule has 0 N–H and O–H groups in total. The lowest BCUT2D eigenvalue weighted by atomic mass is 9.98. The van der Waals surface area contributed by atoms with Crippen molar-refractivity contribution in [2.45, 2.75) is 23.8 Å². The maximum Gasteiger partial charge on any atom is 0.279 e. The maximum absolute atomic E-state index is 13.4. The Bertz CT molecular complexity index is 1300. The van der Waals surface area contributed by atoms with Crippen molar-refractivity contribution in [3.63, 3.8) is 0 Å². The third-order valence-electron chi connectivity index (χ3n) is 5.48. The van der Waals surface area contributed by atoms with Gasteiger partial charge in [-0.1, -0.05) is 36.4 Å². The zero-order valence-electron chi connectivity index (χ0n) is 17.8. The van der Waals surface area contributed by atoms with Gasteiger partial charge in [-0.3, -0.25) is 9.30 Å². The van der Waals surface area contributed by atoms with Gasteiger partial charge in [0, 0.05) is 26.2 Å². The van der Waals surface area contributed by atoms with Crippen molar-refractivity contribution in [3.8, 4) is 0 Å². The molecule has 0 spiro atoms. The molecule has 2 aromatic carbocycles. The number of hydrazone groups is 1. The standard InChI is InChI=1S/C22H24N4O4S2/c1-25(31(2,27)28)19-12-10-17(11-13-19)21-15-22(18-7-6-14-23-16-18)26(24-21)32(29,30)20-8-4-3-5-9-20/h3-5,7-13,16,22H,6,14-15H2,1-2H3. The summed E-state index contributed by atoms with van der Waals surface area (Å²) in [6, 6.07) is 14.6. The lowest BCUT2D eigenvalue weighted by Gasteiger charge is -2.24. The van der Waals surface area contributed by atoms with Crippen LogP contribution in [0.5, 0.6) is 0 Å². The Morgan fingerprint density at radius 3 is 2.28 bits per heavy atom. The van der Waals surface area contributed by atoms with Gasteiger partial charge in [0.05, 0.1) is 28.6 Å². The maximum atomic E-state index is 13.4. The van der Waals surface area contributed by atoms with E-state index < -0.39 is 26.1 Å². The largest absolute Gasteiger partial charge is 0.293 e. The summed E-state index contributed by atoms with van der Waals surface area (Å²) in [4.78, 5) is 4.49. The third kappa shape index (κ3) is 4.33. The van der Waals surface area contributed by atoms with Crippen LogP contribution in [0.2, 0.25) is 0 Å². The van der Waals surface area contributed by atoms with E-state index in [1.165, 1.54) is 15.8 Å². The third-order valence-corrected chi connectivity index (χ3v) is 8.39. The zero-order valence-corrected chi connectivity index (χ0v) is 19.4. The minimum Gasteiger partial charge on any atom is -0.293 e. The molecule has 1 unspecified atom stereocenters. The molecule has 2 aliphatic rings. The van der Waals surface area contributed by atoms with Crippen molar-refractivity contribution in [3.05, 3.63) is 71.8 Å². The van der Waals surface area contributed by atoms with Gasteiger partial charge in [0.25, 0.3) is 10.0 Å². The van der Waals surface area contributed by atoms with Crippen molar-refractivity contribution in [1.29, 1.82) is 0 Å². The Balaban J connectivity index is 1.71. The Morgan fingerprint density at radius 1 is 1.00 bits per heavy atom. The van der Waals surface area contributed by atoms with E-state index in [9.17, 15) is 16.8 Å². The van der Waals surface area contributed by atoms with E-state index in [2.05, 4.69) is 10.1 Å². The molecule has 0 amide bonds. The summed E-state index contributed by atoms with van der Waals surface area (Å²) in [5.74, 6) is 0. The van der Waals surface area contributed by atoms with Crippen LogP contribution >= 0.6 is 0 Å². The molecule has 2 aromatic rings. The molecule has 2 aliphatic heterocycles. The summed E-state index contributed by atoms with van der Waals surface area (Å²) in [5, 5.41) is 4.51. The van der Waals surface area contributed by atoms with Crippen molar-refractivity contribution in [2.75, 3.05) is 24.2 Å². The van der Waals surface area contributed by atoms with E-state index in [-0.39, 0.29) is 4.90 Å². The highest BCUT2D eigenvalue weighted by atomic mass is 32.2. The Labute approximate surface area is 188 Å². The second kappa shape index (κ2) is 8.51. The molecule has 32 heavy (non-hydrogen) atoms. The minimum absolute atomic E-state index is 0.175. The molecule has 10 heteroatoms. The van der Waals surface area contributed by atoms with E-state index in [1.54, 1.807) is 60.8 Å². The summed E-state index contributed by atoms with van der Waals surface area (Å²) >= 11 is 0. The van der Waals surface area contributed by atoms with E-state index in [0.717, 1.165) is 23.8 Å². The molecular formula is C22H24N4O4S2. The summed E-state index contributed by atoms with van der Waals surface area (Å²) < 4.78 is 52.7. The molecule has 0 bridgehead atoms. The number of nitrogens with zero attached hydrogens (tertiary/aromatic N) is 4. The smallest absolute Gasteiger partial charge is 0.279 e. The first-order valence-electron chi connectivity index (χ1n) is 10.1. The summed E-state index contributed by atoms with van der Waals surface area (Å²) in [7, 11) is -5.76. The molecule has 168 valence electrons. The first kappa shape index (κ1) is 22.2. The summed E-state index contributed by atoms with van der Waals surface area (Å²) in [6.45, 7) is 0.685. The van der Waals surface area contributed by atoms with Crippen LogP contribution in [0.1, 0.15) is 18.4 Å². The zero-order chi connectivity index (χ0) is 22.9. The number of anilines is 1. The Kier molecular flexibility index (Phi) is 5.91. The minimum atomic E-state index is -3.86. The molecule has 8 nitrogen and oxygen atoms in total. The van der Waals surface area contributed by atoms with Gasteiger partial charge in [0.2, 0.25) is 10.0 Å². The predicted molar refractivity (Wildman–Crippen MR) is 126 cm³/mol. The highest BCUT2D eigenvalue weighted by Gasteiger charge is 2.38. The number of rotatable bonds is 6. The van der Waals surface area contributed by atoms with Gasteiger partial charge in [0.15, 0.2) is 0 Å². The van der Waals surface area contributed by atoms with Crippen LogP contribution in [0.15, 0.2) is 81.2 Å². The first-order chi connectivity index (χ1) is 15.2. The van der Waals surface area contributed by atoms with E-state index in [4.69, 9.17) is 0 Å². The Morgan fingerprint density at radius 2 is 1.69 bits per heavy atom. The fourth-order valence-electron chi connectivity index (χ4n) is 3.64. The van der Waals surface area contributed by atoms with Crippen LogP contribution < -0.4 is 4.31 Å². The van der Waals surface area contributed by atoms with Crippen molar-refractivity contribution >= 4 is 37.7 Å². The quantitative estimate of drug-likeness (QED) is 0.645. The molecule has 0 aliphatic carbocycles. The molecule has 0 aromatic heterocycles. The topological polar surface area (TPSA) is 99.5 Å². The molecule has 0 saturated heterocycles. The lowest BCUT2D eigenvalue weighted by molar-refractivity contribution is 0.403. The second-order valence-corrected chi connectivity index (χ2v) is 11.5. The van der Waals surface area contributed by atoms with Gasteiger partial charge in [-0.05, 0) is 41.8 Å². The van der Waals surface area contributed by atoms with Crippen LogP contribution in [0.4, 0.5) is 5.69 Å². The summed E-state index contributed by atoms with van der Waals surface area (Å²) in [6.07, 6.45) is 6.02. The van der Waals surface area contributed by atoms with Gasteiger partial charge in [-0.2, -0.15) is 17.9 Å². The molecule has 1 atom stereocenters. The number of benzene rings is 2. The van der Waals surface area contributed by atoms with E-state index in [1.807, 2.05) is 6.08 Å². The van der Waals surface area contributed by atoms with Crippen LogP contribution in [0.3, 0.4) is 0 Å². The van der Waals surface area contributed by atoms with Crippen LogP contribution in [0, 0.1) is 0 Å². The monoisotopic (exact) mass is 472 g/mol. The highest BCUT2D eigenvalue weighted by molar-refractivity contribution is 7.92. The Hall–Kier alpha value is -2.98. The second-order valence-electron chi connectivity index (χ2n) is 7.66. The normalized spacial score (nSPS) is 18.9. The van der Waals surface area contributed by atoms with Gasteiger partial charge in [-0.25, -0.2) is 8.42 Å². The summed E-state index contributed by atoms with van der Waals surface area (Å²) in [5.41, 5.74) is 2.69. The molecule has 4 rings (SSSR count). The van der Waals surface area contributed by atoms with E-state index >= 15 is 0 Å². The molecule has 0 saturated carbocycles. The van der Waals surface area contributed by atoms with Crippen molar-refractivity contribution in [1.82, 2.24) is 4.41 Å². The number of dihydropyridines is 1. The highest BCUT2D eigenvalue weighted by Crippen LogP contribution is 2.32. The average Bonchev–Trinajstić information content (AvgIpc) is 3.26. The van der Waals surface area contributed by atoms with Gasteiger partial charge < -0.3 is 0 Å². The van der Waals surface area contributed by atoms with Gasteiger partial charge >= 0.3 is 0 Å². The molecule has 2 heterocycles. The van der Waals surface area contributed by atoms with Crippen molar-refractivity contribution in [2.24, 2.45) is 10.1 Å². The molecule has 0 fully saturated rings. The average molecular weight is 473 g/mol. The predicted octanol–water partition coefficient (Wildman–Crippen LogP) is 2.65. The SMILES string of the molecule is CN(c1ccc(C2=NN(S(=O)(=O)c3ccccc3)C(C3=CCCN=C3)C2)cc1)S(C)(=O)=O. The van der Waals surface area contributed by atoms with Crippen LogP contribution in [-0.4, -0.2) is 59.1 Å². The first-order valence-corrected chi connectivity index (χ1v) is 13.4. The fraction of sp³-hybridized carbons (Fsp3) is 0.273. The van der Waals surface area contributed by atoms with Crippen LogP contribution in [0.25, 0.3) is 0 Å². The van der Waals surface area contributed by atoms with Gasteiger partial charge in [0.1, 0.15) is 0 Å². The van der Waals surface area contributed by atoms with Gasteiger partial charge in [-0.15, -0.1) is 0 Å². The number of hydrogen-bond acceptors (Lipinski definition) is 6. The van der Waals surface area contributed by atoms with Crippen molar-refractivity contribution < 1.29 is 16.8 Å². The van der Waals surface area contributed by atoms with Crippen LogP contribution in [-0.2, 0) is 20.0 Å². The molecule has 0 radical (unpaired) electrons. The van der Waals surface area contributed by atoms with E-state index in [0.29, 0.717) is 24.4 Å². The fourth-order valence-corrected chi connectivity index (χ4v) is 5.60. The number of aliphatic imine (C=N–C) groups is 1. The lowest BCUT2D eigenvalue weighted by Crippen LogP contribution is -2.35. The number of sulfonamides is 2. The number of hydrogen-bond donors (Lipinski definition) is 0.